The molecule has 1 aromatic heterocycles. The first-order valence-electron chi connectivity index (χ1n) is 6.50. The van der Waals surface area contributed by atoms with Gasteiger partial charge in [0.25, 0.3) is 0 Å². The van der Waals surface area contributed by atoms with Crippen molar-refractivity contribution in [3.05, 3.63) is 11.4 Å². The number of fused-ring (bicyclic) bond motifs is 2. The number of nitrogen functional groups attached to an aromatic ring is 1. The molecule has 0 aliphatic heterocycles. The molecule has 1 heterocycles. The molecule has 92 valence electrons. The smallest absolute Gasteiger partial charge is 0.134 e. The largest absolute Gasteiger partial charge is 0.383 e. The first-order chi connectivity index (χ1) is 8.13. The Morgan fingerprint density at radius 3 is 2.65 bits per heavy atom. The number of hydrogen-bond acceptors (Lipinski definition) is 4. The third-order valence-corrected chi connectivity index (χ3v) is 4.36. The molecule has 0 amide bonds. The molecule has 4 heteroatoms. The predicted molar refractivity (Wildman–Crippen MR) is 68.8 cm³/mol. The quantitative estimate of drug-likeness (QED) is 0.821. The lowest BCUT2D eigenvalue weighted by Gasteiger charge is -2.24. The Labute approximate surface area is 102 Å². The number of rotatable bonds is 2. The average molecular weight is 232 g/mol. The van der Waals surface area contributed by atoms with E-state index in [2.05, 4.69) is 15.3 Å². The summed E-state index contributed by atoms with van der Waals surface area (Å²) in [4.78, 5) is 8.66. The second-order valence-corrected chi connectivity index (χ2v) is 5.56. The van der Waals surface area contributed by atoms with Gasteiger partial charge in [0.05, 0.1) is 0 Å². The molecule has 1 aromatic rings. The Bertz CT molecular complexity index is 443. The summed E-state index contributed by atoms with van der Waals surface area (Å²) >= 11 is 0. The van der Waals surface area contributed by atoms with E-state index >= 15 is 0 Å². The van der Waals surface area contributed by atoms with Crippen molar-refractivity contribution in [2.24, 2.45) is 11.8 Å². The summed E-state index contributed by atoms with van der Waals surface area (Å²) < 4.78 is 0. The molecule has 0 radical (unpaired) electrons. The summed E-state index contributed by atoms with van der Waals surface area (Å²) in [5.74, 6) is 4.07. The van der Waals surface area contributed by atoms with Crippen LogP contribution in [0.1, 0.15) is 37.1 Å². The topological polar surface area (TPSA) is 63.8 Å². The lowest BCUT2D eigenvalue weighted by molar-refractivity contribution is 0.438. The number of hydrogen-bond donors (Lipinski definition) is 2. The van der Waals surface area contributed by atoms with Gasteiger partial charge in [0.1, 0.15) is 17.5 Å². The van der Waals surface area contributed by atoms with Gasteiger partial charge in [0, 0.05) is 11.6 Å². The molecule has 2 aliphatic rings. The molecule has 4 nitrogen and oxygen atoms in total. The summed E-state index contributed by atoms with van der Waals surface area (Å²) in [5.41, 5.74) is 6.87. The number of nitrogens with zero attached hydrogens (tertiary/aromatic N) is 2. The maximum atomic E-state index is 5.88. The molecule has 2 saturated carbocycles. The highest BCUT2D eigenvalue weighted by Gasteiger charge is 2.39. The van der Waals surface area contributed by atoms with E-state index in [1.165, 1.54) is 25.7 Å². The lowest BCUT2D eigenvalue weighted by atomic mass is 9.95. The van der Waals surface area contributed by atoms with Gasteiger partial charge >= 0.3 is 0 Å². The van der Waals surface area contributed by atoms with E-state index in [1.807, 2.05) is 13.8 Å². The minimum Gasteiger partial charge on any atom is -0.383 e. The van der Waals surface area contributed by atoms with Gasteiger partial charge in [-0.05, 0) is 44.9 Å². The molecule has 3 unspecified atom stereocenters. The minimum atomic E-state index is 0.598. The van der Waals surface area contributed by atoms with Crippen LogP contribution in [0.3, 0.4) is 0 Å². The molecular formula is C13H20N4. The van der Waals surface area contributed by atoms with Crippen LogP contribution >= 0.6 is 0 Å². The Hall–Kier alpha value is -1.32. The van der Waals surface area contributed by atoms with Gasteiger partial charge in [-0.3, -0.25) is 0 Å². The standard InChI is InChI=1S/C13H20N4/c1-7-12(14)15-8(2)16-13(7)17-11-6-9-3-4-10(11)5-9/h9-11H,3-6H2,1-2H3,(H3,14,15,16,17). The number of nitrogens with two attached hydrogens (primary N) is 1. The van der Waals surface area contributed by atoms with Crippen LogP contribution in [-0.4, -0.2) is 16.0 Å². The Morgan fingerprint density at radius 2 is 2.00 bits per heavy atom. The maximum absolute atomic E-state index is 5.88. The summed E-state index contributed by atoms with van der Waals surface area (Å²) in [6.07, 6.45) is 5.50. The first-order valence-corrected chi connectivity index (χ1v) is 6.50. The first kappa shape index (κ1) is 10.8. The van der Waals surface area contributed by atoms with E-state index in [-0.39, 0.29) is 0 Å². The van der Waals surface area contributed by atoms with Crippen LogP contribution in [0.4, 0.5) is 11.6 Å². The average Bonchev–Trinajstić information content (AvgIpc) is 2.87. The van der Waals surface area contributed by atoms with Crippen molar-refractivity contribution >= 4 is 11.6 Å². The van der Waals surface area contributed by atoms with Gasteiger partial charge in [-0.2, -0.15) is 0 Å². The highest BCUT2D eigenvalue weighted by molar-refractivity contribution is 5.55. The van der Waals surface area contributed by atoms with Gasteiger partial charge in [-0.25, -0.2) is 9.97 Å². The van der Waals surface area contributed by atoms with Gasteiger partial charge < -0.3 is 11.1 Å². The molecule has 3 atom stereocenters. The Balaban J connectivity index is 1.81. The molecule has 0 saturated heterocycles. The molecule has 2 bridgehead atoms. The number of aryl methyl sites for hydroxylation is 1. The SMILES string of the molecule is Cc1nc(N)c(C)c(NC2CC3CCC2C3)n1. The maximum Gasteiger partial charge on any atom is 0.134 e. The van der Waals surface area contributed by atoms with Crippen molar-refractivity contribution in [1.82, 2.24) is 9.97 Å². The van der Waals surface area contributed by atoms with E-state index in [1.54, 1.807) is 0 Å². The van der Waals surface area contributed by atoms with Gasteiger partial charge in [0.2, 0.25) is 0 Å². The van der Waals surface area contributed by atoms with Gasteiger partial charge in [-0.15, -0.1) is 0 Å². The van der Waals surface area contributed by atoms with E-state index < -0.39 is 0 Å². The monoisotopic (exact) mass is 232 g/mol. The molecule has 3 rings (SSSR count). The number of nitrogens with one attached hydrogen (secondary N) is 1. The summed E-state index contributed by atoms with van der Waals surface area (Å²) in [6.45, 7) is 3.88. The second kappa shape index (κ2) is 3.86. The zero-order valence-electron chi connectivity index (χ0n) is 10.5. The van der Waals surface area contributed by atoms with Crippen LogP contribution in [0, 0.1) is 25.7 Å². The molecule has 0 aromatic carbocycles. The van der Waals surface area contributed by atoms with Crippen molar-refractivity contribution in [2.75, 3.05) is 11.1 Å². The Kier molecular flexibility index (Phi) is 2.45. The van der Waals surface area contributed by atoms with Crippen LogP contribution in [0.25, 0.3) is 0 Å². The second-order valence-electron chi connectivity index (χ2n) is 5.56. The highest BCUT2D eigenvalue weighted by Crippen LogP contribution is 2.45. The molecule has 2 fully saturated rings. The lowest BCUT2D eigenvalue weighted by Crippen LogP contribution is -2.27. The summed E-state index contributed by atoms with van der Waals surface area (Å²) in [5, 5.41) is 3.59. The van der Waals surface area contributed by atoms with Crippen molar-refractivity contribution in [3.8, 4) is 0 Å². The fourth-order valence-electron chi connectivity index (χ4n) is 3.39. The van der Waals surface area contributed by atoms with Gasteiger partial charge in [0.15, 0.2) is 0 Å². The van der Waals surface area contributed by atoms with Gasteiger partial charge in [-0.1, -0.05) is 6.42 Å². The number of anilines is 2. The highest BCUT2D eigenvalue weighted by atomic mass is 15.1. The summed E-state index contributed by atoms with van der Waals surface area (Å²) in [6, 6.07) is 0.598. The van der Waals surface area contributed by atoms with E-state index in [9.17, 15) is 0 Å². The fourth-order valence-corrected chi connectivity index (χ4v) is 3.39. The minimum absolute atomic E-state index is 0.598. The predicted octanol–water partition coefficient (Wildman–Crippen LogP) is 2.28. The normalized spacial score (nSPS) is 30.8. The molecule has 17 heavy (non-hydrogen) atoms. The Morgan fingerprint density at radius 1 is 1.18 bits per heavy atom. The molecular weight excluding hydrogens is 212 g/mol. The van der Waals surface area contributed by atoms with Crippen molar-refractivity contribution in [1.29, 1.82) is 0 Å². The van der Waals surface area contributed by atoms with E-state index in [0.717, 1.165) is 29.0 Å². The zero-order chi connectivity index (χ0) is 12.0. The van der Waals surface area contributed by atoms with Crippen LogP contribution < -0.4 is 11.1 Å². The zero-order valence-corrected chi connectivity index (χ0v) is 10.5. The molecule has 3 N–H and O–H groups in total. The third-order valence-electron chi connectivity index (χ3n) is 4.36. The fraction of sp³-hybridized carbons (Fsp3) is 0.692. The summed E-state index contributed by atoms with van der Waals surface area (Å²) in [7, 11) is 0. The van der Waals surface area contributed by atoms with E-state index in [0.29, 0.717) is 11.9 Å². The third kappa shape index (κ3) is 1.85. The molecule has 0 spiro atoms. The van der Waals surface area contributed by atoms with E-state index in [4.69, 9.17) is 5.73 Å². The van der Waals surface area contributed by atoms with Crippen molar-refractivity contribution in [3.63, 3.8) is 0 Å². The van der Waals surface area contributed by atoms with Crippen LogP contribution in [0.2, 0.25) is 0 Å². The van der Waals surface area contributed by atoms with Crippen molar-refractivity contribution < 1.29 is 0 Å². The van der Waals surface area contributed by atoms with Crippen LogP contribution in [0.5, 0.6) is 0 Å². The molecule has 2 aliphatic carbocycles. The van der Waals surface area contributed by atoms with Crippen molar-refractivity contribution in [2.45, 2.75) is 45.6 Å². The van der Waals surface area contributed by atoms with Crippen LogP contribution in [-0.2, 0) is 0 Å². The number of aromatic nitrogens is 2. The van der Waals surface area contributed by atoms with Crippen LogP contribution in [0.15, 0.2) is 0 Å².